The molecule has 0 aromatic carbocycles. The first-order valence-electron chi connectivity index (χ1n) is 5.20. The van der Waals surface area contributed by atoms with Crippen molar-refractivity contribution < 1.29 is 19.1 Å². The van der Waals surface area contributed by atoms with Gasteiger partial charge in [-0.25, -0.2) is 9.78 Å². The number of anilines is 1. The van der Waals surface area contributed by atoms with Gasteiger partial charge in [-0.1, -0.05) is 6.07 Å². The number of hydrogen-bond acceptors (Lipinski definition) is 4. The molecule has 2 N–H and O–H groups in total. The van der Waals surface area contributed by atoms with E-state index in [1.54, 1.807) is 0 Å². The summed E-state index contributed by atoms with van der Waals surface area (Å²) in [6.07, 6.45) is 1.29. The first-order valence-corrected chi connectivity index (χ1v) is 5.20. The standard InChI is InChI=1S/C12H8FN3O3/c13-8-4-1-5-9(15-8)16-11(17)10-7(12(18)19)3-2-6-14-10/h1-6H,(H,18,19)(H,15,16,17). The van der Waals surface area contributed by atoms with Crippen LogP contribution in [0.25, 0.3) is 0 Å². The number of pyridine rings is 2. The van der Waals surface area contributed by atoms with Crippen LogP contribution in [0.15, 0.2) is 36.5 Å². The summed E-state index contributed by atoms with van der Waals surface area (Å²) in [7, 11) is 0. The molecule has 7 heteroatoms. The quantitative estimate of drug-likeness (QED) is 0.818. The maximum atomic E-state index is 12.9. The van der Waals surface area contributed by atoms with Gasteiger partial charge < -0.3 is 10.4 Å². The van der Waals surface area contributed by atoms with Crippen molar-refractivity contribution in [1.29, 1.82) is 0 Å². The predicted octanol–water partition coefficient (Wildman–Crippen LogP) is 1.57. The molecule has 0 bridgehead atoms. The number of aromatic carboxylic acids is 1. The molecule has 1 amide bonds. The van der Waals surface area contributed by atoms with Gasteiger partial charge >= 0.3 is 5.97 Å². The van der Waals surface area contributed by atoms with Gasteiger partial charge in [0.05, 0.1) is 5.56 Å². The van der Waals surface area contributed by atoms with E-state index < -0.39 is 17.8 Å². The number of carboxylic acid groups (broad SMARTS) is 1. The molecule has 2 rings (SSSR count). The Bertz CT molecular complexity index is 646. The van der Waals surface area contributed by atoms with Gasteiger partial charge in [-0.2, -0.15) is 4.39 Å². The first-order chi connectivity index (χ1) is 9.08. The average molecular weight is 261 g/mol. The van der Waals surface area contributed by atoms with Gasteiger partial charge in [-0.05, 0) is 24.3 Å². The number of amides is 1. The molecule has 0 spiro atoms. The minimum Gasteiger partial charge on any atom is -0.478 e. The lowest BCUT2D eigenvalue weighted by Gasteiger charge is -2.05. The lowest BCUT2D eigenvalue weighted by molar-refractivity contribution is 0.0691. The van der Waals surface area contributed by atoms with Crippen LogP contribution in [0.5, 0.6) is 0 Å². The third-order valence-electron chi connectivity index (χ3n) is 2.21. The van der Waals surface area contributed by atoms with Crippen molar-refractivity contribution >= 4 is 17.7 Å². The van der Waals surface area contributed by atoms with Crippen LogP contribution in [0.4, 0.5) is 10.2 Å². The summed E-state index contributed by atoms with van der Waals surface area (Å²) in [5, 5.41) is 11.2. The summed E-state index contributed by atoms with van der Waals surface area (Å²) in [6, 6.07) is 6.53. The molecule has 0 aliphatic rings. The second-order valence-corrected chi connectivity index (χ2v) is 3.50. The van der Waals surface area contributed by atoms with Crippen LogP contribution in [-0.2, 0) is 0 Å². The average Bonchev–Trinajstić information content (AvgIpc) is 2.38. The van der Waals surface area contributed by atoms with Crippen LogP contribution < -0.4 is 5.32 Å². The number of rotatable bonds is 3. The molecule has 0 unspecified atom stereocenters. The summed E-state index contributed by atoms with van der Waals surface area (Å²) < 4.78 is 12.9. The highest BCUT2D eigenvalue weighted by Crippen LogP contribution is 2.09. The number of carbonyl (C=O) groups excluding carboxylic acids is 1. The van der Waals surface area contributed by atoms with Crippen molar-refractivity contribution in [2.45, 2.75) is 0 Å². The Morgan fingerprint density at radius 3 is 2.68 bits per heavy atom. The van der Waals surface area contributed by atoms with Crippen molar-refractivity contribution in [3.8, 4) is 0 Å². The fourth-order valence-electron chi connectivity index (χ4n) is 1.41. The van der Waals surface area contributed by atoms with E-state index in [9.17, 15) is 14.0 Å². The maximum Gasteiger partial charge on any atom is 0.338 e. The number of hydrogen-bond donors (Lipinski definition) is 2. The molecule has 96 valence electrons. The molecule has 2 aromatic rings. The fraction of sp³-hybridized carbons (Fsp3) is 0. The molecule has 19 heavy (non-hydrogen) atoms. The summed E-state index contributed by atoms with van der Waals surface area (Å²) in [5.74, 6) is -2.81. The lowest BCUT2D eigenvalue weighted by Crippen LogP contribution is -2.18. The Morgan fingerprint density at radius 2 is 2.00 bits per heavy atom. The zero-order chi connectivity index (χ0) is 13.8. The SMILES string of the molecule is O=C(O)c1cccnc1C(=O)Nc1cccc(F)n1. The normalized spacial score (nSPS) is 9.95. The number of carboxylic acids is 1. The number of carbonyl (C=O) groups is 2. The van der Waals surface area contributed by atoms with E-state index in [2.05, 4.69) is 15.3 Å². The third-order valence-corrected chi connectivity index (χ3v) is 2.21. The van der Waals surface area contributed by atoms with Gasteiger partial charge in [-0.15, -0.1) is 0 Å². The molecule has 0 atom stereocenters. The van der Waals surface area contributed by atoms with Gasteiger partial charge in [0, 0.05) is 6.20 Å². The Labute approximate surface area is 106 Å². The molecule has 2 heterocycles. The topological polar surface area (TPSA) is 92.2 Å². The summed E-state index contributed by atoms with van der Waals surface area (Å²) in [6.45, 7) is 0. The second kappa shape index (κ2) is 5.21. The molecule has 0 aliphatic heterocycles. The number of nitrogens with zero attached hydrogens (tertiary/aromatic N) is 2. The van der Waals surface area contributed by atoms with Crippen LogP contribution in [0, 0.1) is 5.95 Å². The Hall–Kier alpha value is -2.83. The first kappa shape index (κ1) is 12.6. The van der Waals surface area contributed by atoms with Crippen LogP contribution in [0.2, 0.25) is 0 Å². The fourth-order valence-corrected chi connectivity index (χ4v) is 1.41. The van der Waals surface area contributed by atoms with E-state index in [-0.39, 0.29) is 17.1 Å². The van der Waals surface area contributed by atoms with Gasteiger partial charge in [-0.3, -0.25) is 9.78 Å². The Morgan fingerprint density at radius 1 is 1.21 bits per heavy atom. The predicted molar refractivity (Wildman–Crippen MR) is 63.3 cm³/mol. The minimum absolute atomic E-state index is 0.0213. The summed E-state index contributed by atoms with van der Waals surface area (Å²) in [5.41, 5.74) is -0.502. The number of nitrogens with one attached hydrogen (secondary N) is 1. The molecular weight excluding hydrogens is 253 g/mol. The maximum absolute atomic E-state index is 12.9. The van der Waals surface area contributed by atoms with Crippen molar-refractivity contribution in [1.82, 2.24) is 9.97 Å². The van der Waals surface area contributed by atoms with E-state index in [0.29, 0.717) is 0 Å². The highest BCUT2D eigenvalue weighted by Gasteiger charge is 2.17. The zero-order valence-electron chi connectivity index (χ0n) is 9.50. The molecule has 0 saturated heterocycles. The van der Waals surface area contributed by atoms with Gasteiger partial charge in [0.15, 0.2) is 0 Å². The molecular formula is C12H8FN3O3. The second-order valence-electron chi connectivity index (χ2n) is 3.50. The molecule has 6 nitrogen and oxygen atoms in total. The largest absolute Gasteiger partial charge is 0.478 e. The van der Waals surface area contributed by atoms with Crippen molar-refractivity contribution in [2.24, 2.45) is 0 Å². The molecule has 0 radical (unpaired) electrons. The summed E-state index contributed by atoms with van der Waals surface area (Å²) in [4.78, 5) is 29.9. The van der Waals surface area contributed by atoms with Gasteiger partial charge in [0.25, 0.3) is 5.91 Å². The van der Waals surface area contributed by atoms with Crippen LogP contribution in [-0.4, -0.2) is 27.0 Å². The smallest absolute Gasteiger partial charge is 0.338 e. The van der Waals surface area contributed by atoms with E-state index in [0.717, 1.165) is 6.07 Å². The number of halogens is 1. The van der Waals surface area contributed by atoms with Crippen LogP contribution in [0.1, 0.15) is 20.8 Å². The van der Waals surface area contributed by atoms with Gasteiger partial charge in [0.1, 0.15) is 11.5 Å². The van der Waals surface area contributed by atoms with Crippen LogP contribution in [0.3, 0.4) is 0 Å². The van der Waals surface area contributed by atoms with Crippen LogP contribution >= 0.6 is 0 Å². The third kappa shape index (κ3) is 2.89. The van der Waals surface area contributed by atoms with Crippen molar-refractivity contribution in [3.05, 3.63) is 53.7 Å². The van der Waals surface area contributed by atoms with E-state index in [4.69, 9.17) is 5.11 Å². The van der Waals surface area contributed by atoms with E-state index >= 15 is 0 Å². The van der Waals surface area contributed by atoms with E-state index in [1.807, 2.05) is 0 Å². The number of aromatic nitrogens is 2. The molecule has 2 aromatic heterocycles. The highest BCUT2D eigenvalue weighted by molar-refractivity contribution is 6.08. The highest BCUT2D eigenvalue weighted by atomic mass is 19.1. The molecule has 0 aliphatic carbocycles. The Balaban J connectivity index is 2.28. The Kier molecular flexibility index (Phi) is 3.46. The van der Waals surface area contributed by atoms with Crippen molar-refractivity contribution in [2.75, 3.05) is 5.32 Å². The van der Waals surface area contributed by atoms with Gasteiger partial charge in [0.2, 0.25) is 5.95 Å². The van der Waals surface area contributed by atoms with Crippen molar-refractivity contribution in [3.63, 3.8) is 0 Å². The molecule has 0 saturated carbocycles. The zero-order valence-corrected chi connectivity index (χ0v) is 9.50. The van der Waals surface area contributed by atoms with E-state index in [1.165, 1.54) is 30.5 Å². The molecule has 0 fully saturated rings. The lowest BCUT2D eigenvalue weighted by atomic mass is 10.2. The minimum atomic E-state index is -1.27. The monoisotopic (exact) mass is 261 g/mol. The summed E-state index contributed by atoms with van der Waals surface area (Å²) >= 11 is 0.